The lowest BCUT2D eigenvalue weighted by Crippen LogP contribution is -2.64. The van der Waals surface area contributed by atoms with Crippen LogP contribution in [0.1, 0.15) is 12.8 Å². The van der Waals surface area contributed by atoms with Gasteiger partial charge in [-0.25, -0.2) is 9.59 Å². The lowest BCUT2D eigenvalue weighted by Gasteiger charge is -2.45. The second-order valence-electron chi connectivity index (χ2n) is 7.65. The fourth-order valence-corrected chi connectivity index (χ4v) is 3.53. The normalized spacial score (nSPS) is 42.2. The zero-order valence-electron chi connectivity index (χ0n) is 16.9. The second-order valence-corrected chi connectivity index (χ2v) is 7.65. The molecule has 0 aromatic heterocycles. The van der Waals surface area contributed by atoms with Crippen molar-refractivity contribution in [2.75, 3.05) is 20.3 Å². The van der Waals surface area contributed by atoms with Gasteiger partial charge in [0.2, 0.25) is 0 Å². The van der Waals surface area contributed by atoms with Crippen LogP contribution < -0.4 is 0 Å². The van der Waals surface area contributed by atoms with Crippen LogP contribution in [0.5, 0.6) is 0 Å². The van der Waals surface area contributed by atoms with Crippen molar-refractivity contribution in [3.05, 3.63) is 0 Å². The molecule has 0 aliphatic carbocycles. The molecule has 0 spiro atoms. The van der Waals surface area contributed by atoms with Crippen LogP contribution in [0.15, 0.2) is 0 Å². The van der Waals surface area contributed by atoms with Crippen molar-refractivity contribution in [3.63, 3.8) is 0 Å². The summed E-state index contributed by atoms with van der Waals surface area (Å²) < 4.78 is 20.0. The first kappa shape index (κ1) is 26.7. The van der Waals surface area contributed by atoms with Gasteiger partial charge in [-0.2, -0.15) is 0 Å². The van der Waals surface area contributed by atoms with E-state index in [2.05, 4.69) is 4.74 Å². The molecular weight excluding hydrogens is 444 g/mol. The van der Waals surface area contributed by atoms with Crippen LogP contribution in [0.25, 0.3) is 0 Å². The highest BCUT2D eigenvalue weighted by Gasteiger charge is 2.56. The number of carboxylic acids is 1. The van der Waals surface area contributed by atoms with Crippen LogP contribution in [0.4, 0.5) is 0 Å². The molecule has 0 aromatic carbocycles. The molecule has 2 saturated heterocycles. The second kappa shape index (κ2) is 10.2. The number of carboxylic acid groups (broad SMARTS) is 1. The Morgan fingerprint density at radius 3 is 2.03 bits per heavy atom. The zero-order valence-corrected chi connectivity index (χ0v) is 16.9. The average Bonchev–Trinajstić information content (AvgIpc) is 2.75. The smallest absolute Gasteiger partial charge is 0.366 e. The Labute approximate surface area is 180 Å². The fraction of sp³-hybridized carbons (Fsp3) is 0.882. The first-order valence-electron chi connectivity index (χ1n) is 9.55. The van der Waals surface area contributed by atoms with E-state index in [-0.39, 0.29) is 0 Å². The van der Waals surface area contributed by atoms with Gasteiger partial charge in [-0.3, -0.25) is 0 Å². The third-order valence-corrected chi connectivity index (χ3v) is 5.35. The van der Waals surface area contributed by atoms with Gasteiger partial charge in [0, 0.05) is 12.8 Å². The van der Waals surface area contributed by atoms with Gasteiger partial charge in [-0.05, 0) is 0 Å². The highest BCUT2D eigenvalue weighted by atomic mass is 16.7. The topological polar surface area (TPSA) is 253 Å². The summed E-state index contributed by atoms with van der Waals surface area (Å²) in [4.78, 5) is 23.6. The summed E-state index contributed by atoms with van der Waals surface area (Å²) in [6.45, 7) is -1.87. The minimum absolute atomic E-state index is 0.738. The van der Waals surface area contributed by atoms with Crippen LogP contribution in [-0.2, 0) is 28.5 Å². The van der Waals surface area contributed by atoms with Gasteiger partial charge in [0.05, 0.1) is 32.5 Å². The quantitative estimate of drug-likeness (QED) is 0.149. The molecule has 186 valence electrons. The highest BCUT2D eigenvalue weighted by Crippen LogP contribution is 2.35. The molecule has 2 fully saturated rings. The third kappa shape index (κ3) is 5.18. The van der Waals surface area contributed by atoms with Crippen LogP contribution in [0, 0.1) is 0 Å². The van der Waals surface area contributed by atoms with E-state index in [0.717, 1.165) is 7.11 Å². The molecule has 0 radical (unpaired) electrons. The van der Waals surface area contributed by atoms with E-state index in [1.807, 2.05) is 0 Å². The molecule has 2 rings (SSSR count). The Morgan fingerprint density at radius 1 is 1.00 bits per heavy atom. The molecule has 2 aliphatic rings. The van der Waals surface area contributed by atoms with Crippen molar-refractivity contribution >= 4 is 11.9 Å². The van der Waals surface area contributed by atoms with E-state index in [1.165, 1.54) is 0 Å². The molecule has 15 heteroatoms. The minimum atomic E-state index is -2.93. The molecule has 32 heavy (non-hydrogen) atoms. The standard InChI is InChI=1S/C17H28O15/c1-29-15(27)17(3-7(20)11(24)12(32-17)8(21)4-18)30-5-9(22)13-10(23)6(19)2-16(28,31-13)14(25)26/h6-13,18-24,28H,2-5H2,1H3,(H,25,26)/t6-,7-,8-,9-,10-,11-,12-,13-,16-,17-/m1/s1. The van der Waals surface area contributed by atoms with E-state index in [1.54, 1.807) is 0 Å². The van der Waals surface area contributed by atoms with Crippen LogP contribution in [-0.4, -0.2) is 139 Å². The lowest BCUT2D eigenvalue weighted by molar-refractivity contribution is -0.339. The summed E-state index contributed by atoms with van der Waals surface area (Å²) in [5.41, 5.74) is 0. The fourth-order valence-electron chi connectivity index (χ4n) is 3.53. The lowest BCUT2D eigenvalue weighted by atomic mass is 9.92. The largest absolute Gasteiger partial charge is 0.477 e. The number of carbonyl (C=O) groups excluding carboxylic acids is 1. The van der Waals surface area contributed by atoms with Crippen LogP contribution >= 0.6 is 0 Å². The molecular formula is C17H28O15. The molecule has 2 heterocycles. The molecule has 0 aromatic rings. The molecule has 0 saturated carbocycles. The van der Waals surface area contributed by atoms with E-state index in [0.29, 0.717) is 0 Å². The number of hydrogen-bond donors (Lipinski definition) is 9. The van der Waals surface area contributed by atoms with Crippen molar-refractivity contribution in [1.29, 1.82) is 0 Å². The number of aliphatic hydroxyl groups excluding tert-OH is 7. The SMILES string of the molecule is COC(=O)[C@@]1(OC[C@@H](O)[C@H]2O[C@@](O)(C(=O)O)C[C@@H](O)[C@H]2O)C[C@@H](O)[C@@H](O)[C@@H]([C@H](O)CO)O1. The van der Waals surface area contributed by atoms with Crippen molar-refractivity contribution in [1.82, 2.24) is 0 Å². The molecule has 10 atom stereocenters. The Balaban J connectivity index is 2.23. The summed E-state index contributed by atoms with van der Waals surface area (Å²) in [6, 6.07) is 0. The Morgan fingerprint density at radius 2 is 1.53 bits per heavy atom. The highest BCUT2D eigenvalue weighted by molar-refractivity contribution is 5.78. The van der Waals surface area contributed by atoms with Crippen molar-refractivity contribution in [2.45, 2.75) is 73.2 Å². The molecule has 9 N–H and O–H groups in total. The number of aliphatic carboxylic acids is 1. The van der Waals surface area contributed by atoms with Crippen molar-refractivity contribution < 1.29 is 74.5 Å². The predicted molar refractivity (Wildman–Crippen MR) is 95.4 cm³/mol. The van der Waals surface area contributed by atoms with Crippen molar-refractivity contribution in [3.8, 4) is 0 Å². The Hall–Kier alpha value is -1.50. The van der Waals surface area contributed by atoms with E-state index >= 15 is 0 Å². The van der Waals surface area contributed by atoms with Gasteiger partial charge >= 0.3 is 11.9 Å². The molecule has 2 aliphatic heterocycles. The van der Waals surface area contributed by atoms with Crippen LogP contribution in [0.3, 0.4) is 0 Å². The van der Waals surface area contributed by atoms with Gasteiger partial charge in [-0.15, -0.1) is 0 Å². The predicted octanol–water partition coefficient (Wildman–Crippen LogP) is -5.62. The molecule has 0 amide bonds. The summed E-state index contributed by atoms with van der Waals surface area (Å²) in [6.07, 6.45) is -16.0. The maximum atomic E-state index is 12.4. The first-order valence-corrected chi connectivity index (χ1v) is 9.55. The Kier molecular flexibility index (Phi) is 8.52. The number of ether oxygens (including phenoxy) is 4. The minimum Gasteiger partial charge on any atom is -0.477 e. The van der Waals surface area contributed by atoms with Gasteiger partial charge in [-0.1, -0.05) is 0 Å². The van der Waals surface area contributed by atoms with Crippen LogP contribution in [0.2, 0.25) is 0 Å². The van der Waals surface area contributed by atoms with Gasteiger partial charge < -0.3 is 64.9 Å². The summed E-state index contributed by atoms with van der Waals surface area (Å²) in [5, 5.41) is 88.5. The summed E-state index contributed by atoms with van der Waals surface area (Å²) in [7, 11) is 0.930. The maximum absolute atomic E-state index is 12.4. The number of esters is 1. The maximum Gasteiger partial charge on any atom is 0.366 e. The number of hydrogen-bond acceptors (Lipinski definition) is 14. The van der Waals surface area contributed by atoms with E-state index in [4.69, 9.17) is 24.4 Å². The van der Waals surface area contributed by atoms with Gasteiger partial charge in [0.1, 0.15) is 36.6 Å². The van der Waals surface area contributed by atoms with Gasteiger partial charge in [0.25, 0.3) is 11.6 Å². The number of aliphatic hydroxyl groups is 8. The number of methoxy groups -OCH3 is 1. The third-order valence-electron chi connectivity index (χ3n) is 5.35. The van der Waals surface area contributed by atoms with Gasteiger partial charge in [0.15, 0.2) is 0 Å². The summed E-state index contributed by atoms with van der Waals surface area (Å²) in [5.74, 6) is -8.57. The number of carbonyl (C=O) groups is 2. The monoisotopic (exact) mass is 472 g/mol. The molecule has 0 unspecified atom stereocenters. The van der Waals surface area contributed by atoms with E-state index in [9.17, 15) is 45.3 Å². The average molecular weight is 472 g/mol. The first-order chi connectivity index (χ1) is 14.8. The van der Waals surface area contributed by atoms with E-state index < -0.39 is 98.4 Å². The Bertz CT molecular complexity index is 674. The zero-order chi connectivity index (χ0) is 24.4. The summed E-state index contributed by atoms with van der Waals surface area (Å²) >= 11 is 0. The molecule has 0 bridgehead atoms. The number of rotatable bonds is 8. The molecule has 15 nitrogen and oxygen atoms in total. The van der Waals surface area contributed by atoms with Crippen molar-refractivity contribution in [2.24, 2.45) is 0 Å².